The van der Waals surface area contributed by atoms with E-state index in [9.17, 15) is 127 Å². The number of β-amino-alcohol motifs (C(OH)–C–C–N with tert-alkyl or cyclic N) is 6. The second-order valence-electron chi connectivity index (χ2n) is 35.5. The van der Waals surface area contributed by atoms with E-state index in [2.05, 4.69) is 37.2 Å². The van der Waals surface area contributed by atoms with Gasteiger partial charge in [-0.15, -0.1) is 0 Å². The summed E-state index contributed by atoms with van der Waals surface area (Å²) >= 11 is 0. The number of hydrogen-bond donors (Lipinski definition) is 14. The molecule has 0 aliphatic carbocycles. The maximum atomic E-state index is 14.5. The van der Waals surface area contributed by atoms with Crippen LogP contribution in [0.15, 0.2) is 30.3 Å². The van der Waals surface area contributed by atoms with E-state index in [1.54, 1.807) is 24.3 Å². The van der Waals surface area contributed by atoms with Gasteiger partial charge in [0.15, 0.2) is 0 Å². The minimum atomic E-state index is -1.34. The number of aliphatic hydroxyl groups excluding tert-OH is 6. The first-order chi connectivity index (χ1) is 61.5. The fourth-order valence-corrected chi connectivity index (χ4v) is 20.6. The predicted molar refractivity (Wildman–Crippen MR) is 440 cm³/mol. The van der Waals surface area contributed by atoms with Crippen molar-refractivity contribution in [3.05, 3.63) is 35.9 Å². The lowest BCUT2D eigenvalue weighted by Gasteiger charge is -2.33. The summed E-state index contributed by atoms with van der Waals surface area (Å²) in [5, 5.41) is 82.4. The summed E-state index contributed by atoms with van der Waals surface area (Å²) in [6, 6.07) is -6.37. The van der Waals surface area contributed by atoms with Gasteiger partial charge in [0.2, 0.25) is 118 Å². The quantitative estimate of drug-likeness (QED) is 0.0370. The van der Waals surface area contributed by atoms with E-state index < -0.39 is 273 Å². The average molecular weight is 1810 g/mol. The van der Waals surface area contributed by atoms with E-state index in [1.807, 2.05) is 6.07 Å². The number of benzene rings is 1. The fourth-order valence-electron chi connectivity index (χ4n) is 20.6. The second kappa shape index (κ2) is 41.4. The molecule has 0 bridgehead atoms. The Morgan fingerprint density at radius 3 is 0.729 bits per heavy atom. The predicted octanol–water partition coefficient (Wildman–Crippen LogP) is -11.4. The number of carbonyl (C=O) groups is 20. The van der Waals surface area contributed by atoms with Crippen LogP contribution < -0.4 is 43.0 Å². The lowest BCUT2D eigenvalue weighted by Crippen LogP contribution is -2.57. The van der Waals surface area contributed by atoms with Gasteiger partial charge in [0.1, 0.15) is 78.5 Å². The maximum absolute atomic E-state index is 14.5. The molecule has 46 heteroatoms. The molecule has 704 valence electrons. The molecule has 12 fully saturated rings. The largest absolute Gasteiger partial charge is 0.391 e. The Morgan fingerprint density at radius 2 is 0.512 bits per heavy atom. The van der Waals surface area contributed by atoms with Gasteiger partial charge in [-0.05, 0) is 82.6 Å². The molecule has 129 heavy (non-hydrogen) atoms. The molecule has 0 spiro atoms. The molecule has 20 amide bonds. The van der Waals surface area contributed by atoms with Crippen molar-refractivity contribution < 1.29 is 127 Å². The van der Waals surface area contributed by atoms with Crippen molar-refractivity contribution in [2.75, 3.05) is 118 Å². The lowest BCUT2D eigenvalue weighted by atomic mass is 10.0. The molecule has 12 heterocycles. The number of amides is 20. The first-order valence-electron chi connectivity index (χ1n) is 44.5. The molecule has 0 aromatic heterocycles. The first-order valence-corrected chi connectivity index (χ1v) is 44.5. The van der Waals surface area contributed by atoms with Crippen molar-refractivity contribution in [2.24, 2.45) is 5.73 Å². The summed E-state index contributed by atoms with van der Waals surface area (Å²) < 4.78 is 0. The molecule has 46 nitrogen and oxygen atoms in total. The summed E-state index contributed by atoms with van der Waals surface area (Å²) in [5.74, 6) is -14.1. The van der Waals surface area contributed by atoms with Crippen molar-refractivity contribution in [2.45, 2.75) is 244 Å². The molecule has 12 aliphatic heterocycles. The standard InChI is InChI=1S/C83H116N20O26/c1-44(104)91-52(25-45-11-3-2-4-12-45)77(123)97-24-10-18-58(97)83(129)103-43-51(110)31-64(103)76(122)90-37-70(116)96-23-9-17-57(96)82(128)102-42-50(109)30-63(102)75(121)89-36-69(115)95-22-8-16-56(95)81(127)101-41-49(108)29-62(101)74(120)88-35-68(114)94-21-7-15-55(94)80(126)100-40-48(107)28-61(100)73(119)87-34-67(113)93-20-6-14-54(93)79(125)99-39-47(106)27-60(99)72(118)86-33-66(112)92-19-5-13-53(92)78(124)98-38-46(105)26-59(98)71(117)85-32-65(84)111/h2-4,11-12,46-64,105-110H,5-10,13-43H2,1H3,(H2,84,111)(H,85,117)(H,86,118)(H,87,119)(H,88,120)(H,89,121)(H,90,122)(H,91,104)/t46-,47-,48-,49-,50-,51-,52+,53+,54+,55+,56+,57+,58+,59+,60+,61+,62+,63+,64+/m1/s1. The summed E-state index contributed by atoms with van der Waals surface area (Å²) in [7, 11) is 0. The number of carbonyl (C=O) groups excluding carboxylic acids is 20. The third kappa shape index (κ3) is 21.5. The number of likely N-dealkylation sites (tertiary alicyclic amines) is 12. The second-order valence-corrected chi connectivity index (χ2v) is 35.5. The highest BCUT2D eigenvalue weighted by molar-refractivity contribution is 6.02. The Kier molecular flexibility index (Phi) is 30.5. The molecule has 13 rings (SSSR count). The molecule has 1 aromatic carbocycles. The van der Waals surface area contributed by atoms with Crippen LogP contribution in [0.5, 0.6) is 0 Å². The zero-order valence-electron chi connectivity index (χ0n) is 71.8. The highest BCUT2D eigenvalue weighted by Gasteiger charge is 2.54. The van der Waals surface area contributed by atoms with Crippen molar-refractivity contribution in [1.82, 2.24) is 96.0 Å². The Labute approximate surface area is 741 Å². The smallest absolute Gasteiger partial charge is 0.246 e. The zero-order chi connectivity index (χ0) is 92.7. The SMILES string of the molecule is CC(=O)N[C@@H](Cc1ccccc1)C(=O)N1CCC[C@H]1C(=O)N1C[C@H](O)C[C@H]1C(=O)NCC(=O)N1CCC[C@H]1C(=O)N1C[C@H](O)C[C@H]1C(=O)NCC(=O)N1CCC[C@H]1C(=O)N1C[C@H](O)C[C@H]1C(=O)NCC(=O)N1CCC[C@H]1C(=O)N1C[C@H](O)C[C@H]1C(=O)NCC(=O)N1CCC[C@H]1C(=O)N1C[C@H](O)C[C@H]1C(=O)NCC(=O)N1CCC[C@H]1C(=O)N1C[C@H](O)C[C@H]1C(=O)NCC(N)=O. The van der Waals surface area contributed by atoms with Crippen LogP contribution in [0, 0.1) is 0 Å². The van der Waals surface area contributed by atoms with Gasteiger partial charge in [0.05, 0.1) is 75.9 Å². The summed E-state index contributed by atoms with van der Waals surface area (Å²) in [6.07, 6.45) is -5.00. The molecule has 1 aromatic rings. The Balaban J connectivity index is 0.544. The molecule has 15 N–H and O–H groups in total. The fraction of sp³-hybridized carbons (Fsp3) is 0.687. The molecule has 0 radical (unpaired) electrons. The van der Waals surface area contributed by atoms with Gasteiger partial charge in [-0.1, -0.05) is 30.3 Å². The molecule has 19 atom stereocenters. The monoisotopic (exact) mass is 1810 g/mol. The van der Waals surface area contributed by atoms with Crippen LogP contribution in [0.3, 0.4) is 0 Å². The first kappa shape index (κ1) is 95.0. The van der Waals surface area contributed by atoms with Crippen LogP contribution in [-0.2, 0) is 102 Å². The van der Waals surface area contributed by atoms with Crippen molar-refractivity contribution >= 4 is 118 Å². The van der Waals surface area contributed by atoms with Gasteiger partial charge in [0.25, 0.3) is 0 Å². The van der Waals surface area contributed by atoms with Crippen LogP contribution >= 0.6 is 0 Å². The van der Waals surface area contributed by atoms with Crippen molar-refractivity contribution in [3.8, 4) is 0 Å². The highest BCUT2D eigenvalue weighted by atomic mass is 16.3. The minimum absolute atomic E-state index is 0.0371. The molecular weight excluding hydrogens is 1690 g/mol. The van der Waals surface area contributed by atoms with Gasteiger partial charge in [0, 0.05) is 130 Å². The summed E-state index contributed by atoms with van der Waals surface area (Å²) in [5.41, 5.74) is 5.93. The minimum Gasteiger partial charge on any atom is -0.391 e. The third-order valence-corrected chi connectivity index (χ3v) is 26.8. The summed E-state index contributed by atoms with van der Waals surface area (Å²) in [6.45, 7) is -3.73. The molecule has 0 unspecified atom stereocenters. The molecular formula is C83H116N20O26. The van der Waals surface area contributed by atoms with E-state index in [0.717, 1.165) is 30.1 Å². The van der Waals surface area contributed by atoms with Crippen LogP contribution in [0.25, 0.3) is 0 Å². The van der Waals surface area contributed by atoms with Gasteiger partial charge in [-0.2, -0.15) is 0 Å². The number of nitrogens with zero attached hydrogens (tertiary/aromatic N) is 12. The average Bonchev–Trinajstić information content (AvgIpc) is 1.65. The molecule has 12 saturated heterocycles. The zero-order valence-corrected chi connectivity index (χ0v) is 71.8. The Hall–Kier alpha value is -11.6. The number of nitrogens with one attached hydrogen (secondary N) is 7. The topological polar surface area (TPSA) is 612 Å². The van der Waals surface area contributed by atoms with Crippen LogP contribution in [0.4, 0.5) is 0 Å². The summed E-state index contributed by atoms with van der Waals surface area (Å²) in [4.78, 5) is 290. The number of hydrogen-bond acceptors (Lipinski definition) is 26. The van der Waals surface area contributed by atoms with Gasteiger partial charge >= 0.3 is 0 Å². The number of aliphatic hydroxyl groups is 6. The molecule has 0 saturated carbocycles. The normalized spacial score (nSPS) is 29.2. The van der Waals surface area contributed by atoms with E-state index >= 15 is 0 Å². The van der Waals surface area contributed by atoms with Gasteiger partial charge in [-0.3, -0.25) is 95.9 Å². The number of primary amides is 1. The van der Waals surface area contributed by atoms with E-state index in [0.29, 0.717) is 38.5 Å². The van der Waals surface area contributed by atoms with E-state index in [1.165, 1.54) is 41.2 Å². The van der Waals surface area contributed by atoms with Gasteiger partial charge < -0.3 is 132 Å². The maximum Gasteiger partial charge on any atom is 0.246 e. The van der Waals surface area contributed by atoms with E-state index in [4.69, 9.17) is 5.73 Å². The lowest BCUT2D eigenvalue weighted by molar-refractivity contribution is -0.148. The highest BCUT2D eigenvalue weighted by Crippen LogP contribution is 2.34. The Bertz CT molecular complexity index is 4530. The van der Waals surface area contributed by atoms with Crippen LogP contribution in [-0.4, -0.2) is 441 Å². The van der Waals surface area contributed by atoms with Gasteiger partial charge in [-0.25, -0.2) is 0 Å². The third-order valence-electron chi connectivity index (χ3n) is 26.8. The van der Waals surface area contributed by atoms with Crippen molar-refractivity contribution in [3.63, 3.8) is 0 Å². The Morgan fingerprint density at radius 1 is 0.302 bits per heavy atom. The number of rotatable bonds is 28. The number of nitrogens with two attached hydrogens (primary N) is 1. The van der Waals surface area contributed by atoms with E-state index in [-0.39, 0.29) is 162 Å². The molecule has 12 aliphatic rings. The van der Waals surface area contributed by atoms with Crippen LogP contribution in [0.1, 0.15) is 128 Å². The van der Waals surface area contributed by atoms with Crippen molar-refractivity contribution in [1.29, 1.82) is 0 Å². The van der Waals surface area contributed by atoms with Crippen LogP contribution in [0.2, 0.25) is 0 Å².